The Morgan fingerprint density at radius 3 is 2.29 bits per heavy atom. The van der Waals surface area contributed by atoms with Crippen LogP contribution in [0.3, 0.4) is 0 Å². The summed E-state index contributed by atoms with van der Waals surface area (Å²) < 4.78 is 3.20. The predicted octanol–water partition coefficient (Wildman–Crippen LogP) is 9.81. The molecule has 1 saturated carbocycles. The van der Waals surface area contributed by atoms with Crippen molar-refractivity contribution in [1.29, 1.82) is 0 Å². The van der Waals surface area contributed by atoms with Gasteiger partial charge in [0.05, 0.1) is 10.7 Å². The number of benzene rings is 3. The number of rotatable bonds is 7. The van der Waals surface area contributed by atoms with Gasteiger partial charge in [-0.1, -0.05) is 87.5 Å². The van der Waals surface area contributed by atoms with Crippen LogP contribution in [-0.4, -0.2) is 19.7 Å². The Labute approximate surface area is 248 Å². The molecule has 192 valence electrons. The predicted molar refractivity (Wildman–Crippen MR) is 161 cm³/mol. The summed E-state index contributed by atoms with van der Waals surface area (Å²) in [6, 6.07) is 21.8. The van der Waals surface area contributed by atoms with Crippen molar-refractivity contribution in [2.24, 2.45) is 0 Å². The lowest BCUT2D eigenvalue weighted by molar-refractivity contribution is 0.806. The van der Waals surface area contributed by atoms with E-state index in [9.17, 15) is 0 Å². The van der Waals surface area contributed by atoms with Gasteiger partial charge in [0, 0.05) is 31.2 Å². The molecule has 1 aliphatic rings. The Balaban J connectivity index is 1.52. The van der Waals surface area contributed by atoms with Crippen LogP contribution in [0.2, 0.25) is 15.1 Å². The van der Waals surface area contributed by atoms with Crippen LogP contribution in [-0.2, 0) is 11.8 Å². The number of halogens is 4. The molecule has 0 unspecified atom stereocenters. The molecule has 0 bridgehead atoms. The van der Waals surface area contributed by atoms with Gasteiger partial charge >= 0.3 is 0 Å². The molecule has 6 rings (SSSR count). The van der Waals surface area contributed by atoms with Crippen molar-refractivity contribution in [3.63, 3.8) is 0 Å². The van der Waals surface area contributed by atoms with Crippen LogP contribution in [0.15, 0.2) is 71.2 Å². The lowest BCUT2D eigenvalue weighted by Crippen LogP contribution is -2.07. The summed E-state index contributed by atoms with van der Waals surface area (Å²) in [5, 5.41) is 13.1. The van der Waals surface area contributed by atoms with Crippen molar-refractivity contribution in [2.75, 3.05) is 0 Å². The molecule has 1 aliphatic carbocycles. The summed E-state index contributed by atoms with van der Waals surface area (Å²) in [5.41, 5.74) is 4.86. The van der Waals surface area contributed by atoms with Gasteiger partial charge in [-0.05, 0) is 79.4 Å². The second-order valence-electron chi connectivity index (χ2n) is 9.42. The monoisotopic (exact) mass is 642 g/mol. The zero-order valence-electron chi connectivity index (χ0n) is 20.4. The molecule has 0 aliphatic heterocycles. The summed E-state index contributed by atoms with van der Waals surface area (Å²) in [4.78, 5) is 5.17. The number of hydrogen-bond donors (Lipinski definition) is 0. The van der Waals surface area contributed by atoms with Crippen LogP contribution < -0.4 is 0 Å². The molecular weight excluding hydrogens is 623 g/mol. The first-order valence-corrected chi connectivity index (χ1v) is 15.1. The van der Waals surface area contributed by atoms with Crippen LogP contribution in [0.25, 0.3) is 27.8 Å². The Hall–Kier alpha value is -2.22. The van der Waals surface area contributed by atoms with E-state index in [-0.39, 0.29) is 5.41 Å². The maximum Gasteiger partial charge on any atom is 0.168 e. The summed E-state index contributed by atoms with van der Waals surface area (Å²) in [6.07, 6.45) is 3.86. The van der Waals surface area contributed by atoms with Crippen LogP contribution in [0.1, 0.15) is 42.5 Å². The van der Waals surface area contributed by atoms with Crippen molar-refractivity contribution in [1.82, 2.24) is 19.7 Å². The van der Waals surface area contributed by atoms with Gasteiger partial charge in [-0.15, -0.1) is 10.2 Å². The van der Waals surface area contributed by atoms with Gasteiger partial charge < -0.3 is 0 Å². The SMILES string of the molecule is CCCc1c(-c2nnc(C3(c4ccc(Cl)cc4)CC3)s2)nc(-c2ccc(Cl)cc2Cl)n1-c1ccc(Br)cc1. The summed E-state index contributed by atoms with van der Waals surface area (Å²) in [6.45, 7) is 2.17. The third kappa shape index (κ3) is 4.71. The molecule has 38 heavy (non-hydrogen) atoms. The molecule has 3 aromatic carbocycles. The van der Waals surface area contributed by atoms with E-state index in [0.29, 0.717) is 10.0 Å². The van der Waals surface area contributed by atoms with Crippen molar-refractivity contribution in [3.05, 3.63) is 103 Å². The smallest absolute Gasteiger partial charge is 0.168 e. The maximum absolute atomic E-state index is 6.70. The van der Waals surface area contributed by atoms with E-state index in [1.54, 1.807) is 17.4 Å². The molecule has 1 fully saturated rings. The zero-order valence-corrected chi connectivity index (χ0v) is 25.1. The second kappa shape index (κ2) is 10.4. The third-order valence-corrected chi connectivity index (χ3v) is 9.36. The average molecular weight is 645 g/mol. The van der Waals surface area contributed by atoms with Crippen molar-refractivity contribution in [2.45, 2.75) is 38.0 Å². The molecule has 0 amide bonds. The Kier molecular flexibility index (Phi) is 7.12. The first kappa shape index (κ1) is 26.0. The quantitative estimate of drug-likeness (QED) is 0.177. The highest BCUT2D eigenvalue weighted by Crippen LogP contribution is 2.55. The third-order valence-electron chi connectivity index (χ3n) is 6.90. The highest BCUT2D eigenvalue weighted by Gasteiger charge is 2.49. The molecule has 2 heterocycles. The molecule has 0 spiro atoms. The normalized spacial score (nSPS) is 14.1. The minimum Gasteiger partial charge on any atom is -0.296 e. The lowest BCUT2D eigenvalue weighted by atomic mass is 9.97. The zero-order chi connectivity index (χ0) is 26.4. The van der Waals surface area contributed by atoms with E-state index < -0.39 is 0 Å². The fourth-order valence-electron chi connectivity index (χ4n) is 4.84. The Morgan fingerprint density at radius 1 is 0.921 bits per heavy atom. The number of aromatic nitrogens is 4. The van der Waals surface area contributed by atoms with Gasteiger partial charge in [0.25, 0.3) is 0 Å². The highest BCUT2D eigenvalue weighted by atomic mass is 79.9. The van der Waals surface area contributed by atoms with E-state index in [2.05, 4.69) is 61.9 Å². The molecule has 0 atom stereocenters. The van der Waals surface area contributed by atoms with Gasteiger partial charge in [-0.3, -0.25) is 4.57 Å². The van der Waals surface area contributed by atoms with E-state index in [0.717, 1.165) is 73.7 Å². The fraction of sp³-hybridized carbons (Fsp3) is 0.207. The highest BCUT2D eigenvalue weighted by molar-refractivity contribution is 9.10. The second-order valence-corrected chi connectivity index (χ2v) is 12.6. The van der Waals surface area contributed by atoms with Crippen molar-refractivity contribution in [3.8, 4) is 27.8 Å². The Bertz CT molecular complexity index is 1620. The number of imidazole rings is 1. The molecule has 2 aromatic heterocycles. The average Bonchev–Trinajstić information content (AvgIpc) is 3.41. The molecular formula is C29H22BrCl3N4S. The largest absolute Gasteiger partial charge is 0.296 e. The number of nitrogens with zero attached hydrogens (tertiary/aromatic N) is 4. The van der Waals surface area contributed by atoms with Crippen LogP contribution in [0, 0.1) is 0 Å². The number of hydrogen-bond acceptors (Lipinski definition) is 4. The first-order valence-electron chi connectivity index (χ1n) is 12.3. The van der Waals surface area contributed by atoms with Gasteiger partial charge in [-0.2, -0.15) is 0 Å². The minimum atomic E-state index is -0.0952. The topological polar surface area (TPSA) is 43.6 Å². The molecule has 9 heteroatoms. The molecule has 0 saturated heterocycles. The molecule has 4 nitrogen and oxygen atoms in total. The minimum absolute atomic E-state index is 0.0952. The standard InChI is InChI=1S/C29H22BrCl3N4S/c1-2-3-24-25(27-35-36-28(38-27)29(14-15-29)17-4-8-19(31)9-5-17)34-26(22-13-10-20(32)16-23(22)33)37(24)21-11-6-18(30)7-12-21/h4-13,16H,2-3,14-15H2,1H3. The van der Waals surface area contributed by atoms with Gasteiger partial charge in [0.1, 0.15) is 16.5 Å². The van der Waals surface area contributed by atoms with Crippen LogP contribution in [0.5, 0.6) is 0 Å². The molecule has 5 aromatic rings. The maximum atomic E-state index is 6.70. The molecule has 0 radical (unpaired) electrons. The lowest BCUT2D eigenvalue weighted by Gasteiger charge is -2.13. The van der Waals surface area contributed by atoms with E-state index in [1.165, 1.54) is 5.56 Å². The van der Waals surface area contributed by atoms with Crippen molar-refractivity contribution < 1.29 is 0 Å². The van der Waals surface area contributed by atoms with E-state index in [4.69, 9.17) is 39.8 Å². The van der Waals surface area contributed by atoms with Crippen LogP contribution >= 0.6 is 62.1 Å². The van der Waals surface area contributed by atoms with Gasteiger partial charge in [0.2, 0.25) is 0 Å². The van der Waals surface area contributed by atoms with E-state index >= 15 is 0 Å². The summed E-state index contributed by atoms with van der Waals surface area (Å²) >= 11 is 24.3. The first-order chi connectivity index (χ1) is 18.4. The van der Waals surface area contributed by atoms with Crippen LogP contribution in [0.4, 0.5) is 0 Å². The molecule has 0 N–H and O–H groups in total. The van der Waals surface area contributed by atoms with Crippen molar-refractivity contribution >= 4 is 62.1 Å². The van der Waals surface area contributed by atoms with Gasteiger partial charge in [-0.25, -0.2) is 4.98 Å². The van der Waals surface area contributed by atoms with Gasteiger partial charge in [0.15, 0.2) is 5.01 Å². The summed E-state index contributed by atoms with van der Waals surface area (Å²) in [7, 11) is 0. The fourth-order valence-corrected chi connectivity index (χ4v) is 6.85. The van der Waals surface area contributed by atoms with E-state index in [1.807, 2.05) is 36.4 Å². The summed E-state index contributed by atoms with van der Waals surface area (Å²) in [5.74, 6) is 0.753. The Morgan fingerprint density at radius 2 is 1.63 bits per heavy atom.